The summed E-state index contributed by atoms with van der Waals surface area (Å²) in [5.74, 6) is 0.281. The first-order valence-corrected chi connectivity index (χ1v) is 5.18. The fraction of sp³-hybridized carbons (Fsp3) is 0.455. The zero-order chi connectivity index (χ0) is 10.1. The Balaban J connectivity index is 2.21. The van der Waals surface area contributed by atoms with Gasteiger partial charge in [-0.25, -0.2) is 0 Å². The van der Waals surface area contributed by atoms with Crippen molar-refractivity contribution in [2.24, 2.45) is 5.92 Å². The summed E-state index contributed by atoms with van der Waals surface area (Å²) in [6, 6.07) is 7.30. The van der Waals surface area contributed by atoms with Crippen molar-refractivity contribution < 1.29 is 10.2 Å². The number of hydrogen-bond donors (Lipinski definition) is 2. The topological polar surface area (TPSA) is 40.5 Å². The molecule has 1 unspecified atom stereocenters. The van der Waals surface area contributed by atoms with Gasteiger partial charge in [0.25, 0.3) is 0 Å². The van der Waals surface area contributed by atoms with Crippen molar-refractivity contribution in [1.29, 1.82) is 0 Å². The standard InChI is InChI=1S/C11H13ClO2/c12-9-5-3-8(4-6-9)10(11(13)14)7-1-2-7/h3-7,10-11,13-14H,1-2H2. The second-order valence-electron chi connectivity index (χ2n) is 3.83. The van der Waals surface area contributed by atoms with E-state index in [2.05, 4.69) is 0 Å². The van der Waals surface area contributed by atoms with Crippen molar-refractivity contribution in [2.45, 2.75) is 25.0 Å². The maximum absolute atomic E-state index is 9.27. The Kier molecular flexibility index (Phi) is 2.77. The Hall–Kier alpha value is -0.570. The van der Waals surface area contributed by atoms with Crippen LogP contribution in [-0.4, -0.2) is 16.5 Å². The zero-order valence-electron chi connectivity index (χ0n) is 7.73. The number of benzene rings is 1. The molecule has 3 heteroatoms. The largest absolute Gasteiger partial charge is 0.368 e. The van der Waals surface area contributed by atoms with Gasteiger partial charge in [0.05, 0.1) is 0 Å². The summed E-state index contributed by atoms with van der Waals surface area (Å²) in [5.41, 5.74) is 0.965. The molecule has 1 saturated carbocycles. The third-order valence-electron chi connectivity index (χ3n) is 2.71. The van der Waals surface area contributed by atoms with E-state index in [4.69, 9.17) is 11.6 Å². The van der Waals surface area contributed by atoms with Gasteiger partial charge in [-0.05, 0) is 36.5 Å². The van der Waals surface area contributed by atoms with Crippen molar-refractivity contribution in [3.8, 4) is 0 Å². The summed E-state index contributed by atoms with van der Waals surface area (Å²) in [7, 11) is 0. The van der Waals surface area contributed by atoms with E-state index in [1.54, 1.807) is 12.1 Å². The van der Waals surface area contributed by atoms with Gasteiger partial charge in [-0.15, -0.1) is 0 Å². The van der Waals surface area contributed by atoms with E-state index in [-0.39, 0.29) is 5.92 Å². The lowest BCUT2D eigenvalue weighted by Gasteiger charge is -2.18. The van der Waals surface area contributed by atoms with Gasteiger partial charge >= 0.3 is 0 Å². The molecule has 2 N–H and O–H groups in total. The average Bonchev–Trinajstić information content (AvgIpc) is 2.92. The molecule has 1 aliphatic carbocycles. The van der Waals surface area contributed by atoms with Crippen LogP contribution in [0.2, 0.25) is 5.02 Å². The van der Waals surface area contributed by atoms with Gasteiger partial charge in [-0.2, -0.15) is 0 Å². The van der Waals surface area contributed by atoms with Gasteiger partial charge in [0, 0.05) is 10.9 Å². The molecule has 76 valence electrons. The minimum absolute atomic E-state index is 0.146. The highest BCUT2D eigenvalue weighted by Crippen LogP contribution is 2.44. The first-order chi connectivity index (χ1) is 6.68. The van der Waals surface area contributed by atoms with Crippen molar-refractivity contribution in [2.75, 3.05) is 0 Å². The first-order valence-electron chi connectivity index (χ1n) is 4.80. The molecule has 1 atom stereocenters. The Labute approximate surface area is 88.1 Å². The molecule has 1 aromatic carbocycles. The van der Waals surface area contributed by atoms with E-state index in [9.17, 15) is 10.2 Å². The molecular weight excluding hydrogens is 200 g/mol. The Morgan fingerprint density at radius 2 is 1.71 bits per heavy atom. The first kappa shape index (κ1) is 9.97. The van der Waals surface area contributed by atoms with Crippen LogP contribution in [0.1, 0.15) is 24.3 Å². The van der Waals surface area contributed by atoms with E-state index in [0.29, 0.717) is 10.9 Å². The number of aliphatic hydroxyl groups excluding tert-OH is 1. The van der Waals surface area contributed by atoms with Gasteiger partial charge < -0.3 is 10.2 Å². The predicted molar refractivity (Wildman–Crippen MR) is 55.1 cm³/mol. The normalized spacial score (nSPS) is 18.6. The number of aliphatic hydroxyl groups is 2. The van der Waals surface area contributed by atoms with Crippen LogP contribution in [0.3, 0.4) is 0 Å². The summed E-state index contributed by atoms with van der Waals surface area (Å²) < 4.78 is 0. The molecule has 0 radical (unpaired) electrons. The number of hydrogen-bond acceptors (Lipinski definition) is 2. The quantitative estimate of drug-likeness (QED) is 0.754. The minimum atomic E-state index is -1.26. The SMILES string of the molecule is OC(O)C(c1ccc(Cl)cc1)C1CC1. The smallest absolute Gasteiger partial charge is 0.158 e. The van der Waals surface area contributed by atoms with Gasteiger partial charge in [0.1, 0.15) is 0 Å². The molecule has 2 nitrogen and oxygen atoms in total. The van der Waals surface area contributed by atoms with E-state index in [0.717, 1.165) is 18.4 Å². The van der Waals surface area contributed by atoms with Crippen LogP contribution in [-0.2, 0) is 0 Å². The molecule has 0 amide bonds. The molecule has 0 bridgehead atoms. The fourth-order valence-electron chi connectivity index (χ4n) is 1.83. The highest BCUT2D eigenvalue weighted by atomic mass is 35.5. The summed E-state index contributed by atoms with van der Waals surface area (Å²) in [5, 5.41) is 19.2. The highest BCUT2D eigenvalue weighted by molar-refractivity contribution is 6.30. The second kappa shape index (κ2) is 3.89. The molecule has 0 aliphatic heterocycles. The van der Waals surface area contributed by atoms with Gasteiger partial charge in [-0.1, -0.05) is 23.7 Å². The summed E-state index contributed by atoms with van der Waals surface area (Å²) in [6.07, 6.45) is 0.916. The predicted octanol–water partition coefficient (Wildman–Crippen LogP) is 2.14. The van der Waals surface area contributed by atoms with Crippen molar-refractivity contribution in [1.82, 2.24) is 0 Å². The molecule has 0 heterocycles. The monoisotopic (exact) mass is 212 g/mol. The van der Waals surface area contributed by atoms with Gasteiger partial charge in [0.2, 0.25) is 0 Å². The summed E-state index contributed by atoms with van der Waals surface area (Å²) in [6.45, 7) is 0. The second-order valence-corrected chi connectivity index (χ2v) is 4.26. The van der Waals surface area contributed by atoms with Crippen molar-refractivity contribution in [3.63, 3.8) is 0 Å². The molecule has 1 fully saturated rings. The van der Waals surface area contributed by atoms with E-state index in [1.807, 2.05) is 12.1 Å². The molecule has 2 rings (SSSR count). The molecule has 1 aromatic rings. The maximum Gasteiger partial charge on any atom is 0.158 e. The van der Waals surface area contributed by atoms with Crippen LogP contribution in [0.4, 0.5) is 0 Å². The molecule has 0 aromatic heterocycles. The van der Waals surface area contributed by atoms with Crippen LogP contribution in [0, 0.1) is 5.92 Å². The molecular formula is C11H13ClO2. The van der Waals surface area contributed by atoms with Crippen LogP contribution in [0.5, 0.6) is 0 Å². The molecule has 0 saturated heterocycles. The third-order valence-corrected chi connectivity index (χ3v) is 2.96. The summed E-state index contributed by atoms with van der Waals surface area (Å²) in [4.78, 5) is 0. The summed E-state index contributed by atoms with van der Waals surface area (Å²) >= 11 is 5.77. The van der Waals surface area contributed by atoms with Crippen LogP contribution < -0.4 is 0 Å². The van der Waals surface area contributed by atoms with Crippen LogP contribution >= 0.6 is 11.6 Å². The fourth-order valence-corrected chi connectivity index (χ4v) is 1.95. The lowest BCUT2D eigenvalue weighted by atomic mass is 9.94. The molecule has 14 heavy (non-hydrogen) atoms. The van der Waals surface area contributed by atoms with Crippen molar-refractivity contribution in [3.05, 3.63) is 34.9 Å². The third kappa shape index (κ3) is 2.08. The van der Waals surface area contributed by atoms with E-state index in [1.165, 1.54) is 0 Å². The number of halogens is 1. The van der Waals surface area contributed by atoms with E-state index >= 15 is 0 Å². The lowest BCUT2D eigenvalue weighted by molar-refractivity contribution is -0.0652. The zero-order valence-corrected chi connectivity index (χ0v) is 8.48. The van der Waals surface area contributed by atoms with E-state index < -0.39 is 6.29 Å². The Morgan fingerprint density at radius 3 is 2.14 bits per heavy atom. The minimum Gasteiger partial charge on any atom is -0.368 e. The van der Waals surface area contributed by atoms with Crippen LogP contribution in [0.25, 0.3) is 0 Å². The molecule has 0 spiro atoms. The molecule has 1 aliphatic rings. The Morgan fingerprint density at radius 1 is 1.14 bits per heavy atom. The lowest BCUT2D eigenvalue weighted by Crippen LogP contribution is -2.19. The Bertz CT molecular complexity index is 302. The van der Waals surface area contributed by atoms with Gasteiger partial charge in [0.15, 0.2) is 6.29 Å². The highest BCUT2D eigenvalue weighted by Gasteiger charge is 2.36. The van der Waals surface area contributed by atoms with Gasteiger partial charge in [-0.3, -0.25) is 0 Å². The van der Waals surface area contributed by atoms with Crippen molar-refractivity contribution >= 4 is 11.6 Å². The van der Waals surface area contributed by atoms with Crippen LogP contribution in [0.15, 0.2) is 24.3 Å². The number of rotatable bonds is 3. The average molecular weight is 213 g/mol. The maximum atomic E-state index is 9.27.